The van der Waals surface area contributed by atoms with Crippen molar-refractivity contribution >= 4 is 0 Å². The molecule has 0 aromatic heterocycles. The molecular formula is C18H37NO. The van der Waals surface area contributed by atoms with E-state index in [2.05, 4.69) is 39.9 Å². The molecular weight excluding hydrogens is 246 g/mol. The second-order valence-electron chi connectivity index (χ2n) is 7.14. The minimum atomic E-state index is 0.432. The molecule has 1 saturated carbocycles. The van der Waals surface area contributed by atoms with Gasteiger partial charge in [0.25, 0.3) is 0 Å². The van der Waals surface area contributed by atoms with E-state index in [0.29, 0.717) is 18.1 Å². The molecule has 0 spiro atoms. The molecule has 1 fully saturated rings. The zero-order chi connectivity index (χ0) is 15.0. The van der Waals surface area contributed by atoms with Gasteiger partial charge in [0.05, 0.1) is 6.10 Å². The first-order chi connectivity index (χ1) is 9.58. The van der Waals surface area contributed by atoms with Crippen LogP contribution in [0.25, 0.3) is 0 Å². The highest BCUT2D eigenvalue weighted by Crippen LogP contribution is 2.32. The van der Waals surface area contributed by atoms with Crippen molar-refractivity contribution in [2.24, 2.45) is 17.8 Å². The largest absolute Gasteiger partial charge is 0.376 e. The summed E-state index contributed by atoms with van der Waals surface area (Å²) < 4.78 is 6.32. The molecule has 0 bridgehead atoms. The molecule has 2 nitrogen and oxygen atoms in total. The van der Waals surface area contributed by atoms with Crippen molar-refractivity contribution < 1.29 is 4.74 Å². The third-order valence-corrected chi connectivity index (χ3v) is 4.81. The van der Waals surface area contributed by atoms with E-state index in [0.717, 1.165) is 25.0 Å². The molecule has 20 heavy (non-hydrogen) atoms. The second-order valence-corrected chi connectivity index (χ2v) is 7.14. The van der Waals surface area contributed by atoms with Crippen molar-refractivity contribution in [2.75, 3.05) is 13.2 Å². The first-order valence-corrected chi connectivity index (χ1v) is 8.93. The lowest BCUT2D eigenvalue weighted by Crippen LogP contribution is -2.47. The summed E-state index contributed by atoms with van der Waals surface area (Å²) in [6.45, 7) is 13.6. The van der Waals surface area contributed by atoms with Crippen molar-refractivity contribution in [3.63, 3.8) is 0 Å². The lowest BCUT2D eigenvalue weighted by Gasteiger charge is -2.38. The van der Waals surface area contributed by atoms with Gasteiger partial charge in [0.2, 0.25) is 0 Å². The quantitative estimate of drug-likeness (QED) is 0.666. The third-order valence-electron chi connectivity index (χ3n) is 4.81. The highest BCUT2D eigenvalue weighted by molar-refractivity contribution is 4.87. The van der Waals surface area contributed by atoms with Crippen molar-refractivity contribution in [2.45, 2.75) is 85.3 Å². The van der Waals surface area contributed by atoms with Crippen LogP contribution in [0.4, 0.5) is 0 Å². The van der Waals surface area contributed by atoms with E-state index in [1.54, 1.807) is 0 Å². The van der Waals surface area contributed by atoms with E-state index in [-0.39, 0.29) is 0 Å². The first kappa shape index (κ1) is 18.0. The molecule has 120 valence electrons. The molecule has 1 aliphatic rings. The van der Waals surface area contributed by atoms with Gasteiger partial charge in [-0.15, -0.1) is 0 Å². The Morgan fingerprint density at radius 3 is 2.45 bits per heavy atom. The molecule has 1 rings (SSSR count). The van der Waals surface area contributed by atoms with E-state index in [1.807, 2.05) is 0 Å². The number of hydrogen-bond donors (Lipinski definition) is 1. The Balaban J connectivity index is 2.47. The van der Waals surface area contributed by atoms with Crippen molar-refractivity contribution in [1.82, 2.24) is 5.32 Å². The van der Waals surface area contributed by atoms with Gasteiger partial charge in [-0.25, -0.2) is 0 Å². The Bertz CT molecular complexity index is 242. The third kappa shape index (κ3) is 6.13. The molecule has 0 saturated heterocycles. The average molecular weight is 284 g/mol. The Hall–Kier alpha value is -0.0800. The normalized spacial score (nSPS) is 28.8. The van der Waals surface area contributed by atoms with Crippen LogP contribution in [0.15, 0.2) is 0 Å². The zero-order valence-electron chi connectivity index (χ0n) is 14.5. The summed E-state index contributed by atoms with van der Waals surface area (Å²) in [7, 11) is 0. The average Bonchev–Trinajstić information content (AvgIpc) is 2.43. The van der Waals surface area contributed by atoms with Crippen LogP contribution < -0.4 is 5.32 Å². The number of rotatable bonds is 9. The summed E-state index contributed by atoms with van der Waals surface area (Å²) in [6.07, 6.45) is 8.09. The van der Waals surface area contributed by atoms with Gasteiger partial charge in [0.1, 0.15) is 0 Å². The first-order valence-electron chi connectivity index (χ1n) is 8.93. The van der Waals surface area contributed by atoms with E-state index in [1.165, 1.54) is 38.5 Å². The molecule has 1 aliphatic carbocycles. The van der Waals surface area contributed by atoms with E-state index in [4.69, 9.17) is 4.74 Å². The van der Waals surface area contributed by atoms with Gasteiger partial charge >= 0.3 is 0 Å². The van der Waals surface area contributed by atoms with Crippen LogP contribution in [0.3, 0.4) is 0 Å². The van der Waals surface area contributed by atoms with Gasteiger partial charge in [-0.05, 0) is 56.4 Å². The fraction of sp³-hybridized carbons (Fsp3) is 1.00. The zero-order valence-corrected chi connectivity index (χ0v) is 14.5. The topological polar surface area (TPSA) is 21.3 Å². The molecule has 0 amide bonds. The van der Waals surface area contributed by atoms with Gasteiger partial charge < -0.3 is 10.1 Å². The number of ether oxygens (including phenoxy) is 1. The Morgan fingerprint density at radius 1 is 1.10 bits per heavy atom. The van der Waals surface area contributed by atoms with Crippen LogP contribution in [0, 0.1) is 17.8 Å². The van der Waals surface area contributed by atoms with Crippen molar-refractivity contribution in [1.29, 1.82) is 0 Å². The second kappa shape index (κ2) is 9.78. The minimum Gasteiger partial charge on any atom is -0.376 e. The minimum absolute atomic E-state index is 0.432. The van der Waals surface area contributed by atoms with Crippen LogP contribution in [0.2, 0.25) is 0 Å². The molecule has 4 unspecified atom stereocenters. The lowest BCUT2D eigenvalue weighted by atomic mass is 9.78. The summed E-state index contributed by atoms with van der Waals surface area (Å²) in [5, 5.41) is 3.71. The predicted molar refractivity (Wildman–Crippen MR) is 88.1 cm³/mol. The van der Waals surface area contributed by atoms with Gasteiger partial charge in [0, 0.05) is 12.6 Å². The van der Waals surface area contributed by atoms with Gasteiger partial charge in [0.15, 0.2) is 0 Å². The Labute approximate surface area is 127 Å². The number of nitrogens with one attached hydrogen (secondary N) is 1. The molecule has 2 heteroatoms. The Kier molecular flexibility index (Phi) is 8.79. The molecule has 1 N–H and O–H groups in total. The van der Waals surface area contributed by atoms with E-state index >= 15 is 0 Å². The molecule has 0 radical (unpaired) electrons. The van der Waals surface area contributed by atoms with Gasteiger partial charge in [-0.3, -0.25) is 0 Å². The van der Waals surface area contributed by atoms with E-state index < -0.39 is 0 Å². The highest BCUT2D eigenvalue weighted by atomic mass is 16.5. The SMILES string of the molecule is CCCNC1CCC(C(C)C)CC1OCC(C)CCC. The fourth-order valence-electron chi connectivity index (χ4n) is 3.38. The molecule has 0 heterocycles. The number of hydrogen-bond acceptors (Lipinski definition) is 2. The van der Waals surface area contributed by atoms with Gasteiger partial charge in [-0.2, -0.15) is 0 Å². The van der Waals surface area contributed by atoms with Crippen molar-refractivity contribution in [3.8, 4) is 0 Å². The van der Waals surface area contributed by atoms with Crippen LogP contribution >= 0.6 is 0 Å². The van der Waals surface area contributed by atoms with Crippen LogP contribution in [-0.2, 0) is 4.74 Å². The van der Waals surface area contributed by atoms with Crippen LogP contribution in [0.1, 0.15) is 73.1 Å². The Morgan fingerprint density at radius 2 is 1.85 bits per heavy atom. The fourth-order valence-corrected chi connectivity index (χ4v) is 3.38. The standard InChI is InChI=1S/C18H37NO/c1-6-8-15(5)13-20-18-12-16(14(3)4)9-10-17(18)19-11-7-2/h14-19H,6-13H2,1-5H3. The van der Waals surface area contributed by atoms with Crippen LogP contribution in [0.5, 0.6) is 0 Å². The molecule has 0 aromatic carbocycles. The maximum Gasteiger partial charge on any atom is 0.0730 e. The summed E-state index contributed by atoms with van der Waals surface area (Å²) in [5.41, 5.74) is 0. The smallest absolute Gasteiger partial charge is 0.0730 e. The molecule has 4 atom stereocenters. The highest BCUT2D eigenvalue weighted by Gasteiger charge is 2.32. The monoisotopic (exact) mass is 283 g/mol. The summed E-state index contributed by atoms with van der Waals surface area (Å²) in [6, 6.07) is 0.582. The van der Waals surface area contributed by atoms with E-state index in [9.17, 15) is 0 Å². The maximum atomic E-state index is 6.32. The maximum absolute atomic E-state index is 6.32. The summed E-state index contributed by atoms with van der Waals surface area (Å²) in [5.74, 6) is 2.34. The summed E-state index contributed by atoms with van der Waals surface area (Å²) in [4.78, 5) is 0. The van der Waals surface area contributed by atoms with Crippen LogP contribution in [-0.4, -0.2) is 25.3 Å². The molecule has 0 aliphatic heterocycles. The molecule has 0 aromatic rings. The summed E-state index contributed by atoms with van der Waals surface area (Å²) >= 11 is 0. The van der Waals surface area contributed by atoms with Gasteiger partial charge in [-0.1, -0.05) is 41.0 Å². The predicted octanol–water partition coefficient (Wildman–Crippen LogP) is 4.63. The lowest BCUT2D eigenvalue weighted by molar-refractivity contribution is -0.0300. The van der Waals surface area contributed by atoms with Crippen molar-refractivity contribution in [3.05, 3.63) is 0 Å².